The Labute approximate surface area is 328 Å². The summed E-state index contributed by atoms with van der Waals surface area (Å²) >= 11 is 0. The number of aromatic nitrogens is 12. The van der Waals surface area contributed by atoms with E-state index in [1.165, 1.54) is 0 Å². The van der Waals surface area contributed by atoms with Crippen LogP contribution < -0.4 is 11.4 Å². The highest BCUT2D eigenvalue weighted by Crippen LogP contribution is 2.24. The fraction of sp³-hybridized carbons (Fsp3) is 0.0952. The van der Waals surface area contributed by atoms with Gasteiger partial charge in [-0.05, 0) is 60.4 Å². The third-order valence-electron chi connectivity index (χ3n) is 9.93. The summed E-state index contributed by atoms with van der Waals surface area (Å²) in [6.45, 7) is 19.2. The molecule has 6 heterocycles. The zero-order chi connectivity index (χ0) is 39.9. The van der Waals surface area contributed by atoms with Gasteiger partial charge in [0.25, 0.3) is 0 Å². The minimum atomic E-state index is -0.236. The second kappa shape index (κ2) is 14.3. The van der Waals surface area contributed by atoms with E-state index in [4.69, 9.17) is 13.1 Å². The summed E-state index contributed by atoms with van der Waals surface area (Å²) in [5, 5.41) is 0. The van der Waals surface area contributed by atoms with E-state index in [2.05, 4.69) is 49.6 Å². The SMILES string of the molecule is [C-]#[N+]c1ccc2c(c1)ncn2-c1ncc2[nH]c(=O)n(Cc3ccccc3C)c2n1.[C-]#[N+]c1ccc2ncn(-c3ncc4[nH]c(=O)n(Cc5ccccc5C)c4n3)c2c1. The Morgan fingerprint density at radius 3 is 1.64 bits per heavy atom. The largest absolute Gasteiger partial charge is 0.328 e. The Kier molecular flexibility index (Phi) is 8.68. The van der Waals surface area contributed by atoms with Gasteiger partial charge in [-0.1, -0.05) is 60.7 Å². The van der Waals surface area contributed by atoms with E-state index in [0.29, 0.717) is 64.2 Å². The highest BCUT2D eigenvalue weighted by molar-refractivity contribution is 5.82. The highest BCUT2D eigenvalue weighted by Gasteiger charge is 2.16. The van der Waals surface area contributed by atoms with Gasteiger partial charge in [-0.25, -0.2) is 39.2 Å². The van der Waals surface area contributed by atoms with Crippen LogP contribution in [0.15, 0.2) is 120 Å². The van der Waals surface area contributed by atoms with Gasteiger partial charge < -0.3 is 9.97 Å². The maximum absolute atomic E-state index is 12.5. The predicted octanol–water partition coefficient (Wildman–Crippen LogP) is 6.73. The van der Waals surface area contributed by atoms with Gasteiger partial charge >= 0.3 is 11.4 Å². The van der Waals surface area contributed by atoms with Gasteiger partial charge in [0.2, 0.25) is 11.9 Å². The number of hydrogen-bond donors (Lipinski definition) is 2. The van der Waals surface area contributed by atoms with Gasteiger partial charge in [-0.2, -0.15) is 9.97 Å². The monoisotopic (exact) mass is 762 g/mol. The first-order valence-corrected chi connectivity index (χ1v) is 18.0. The molecule has 58 heavy (non-hydrogen) atoms. The summed E-state index contributed by atoms with van der Waals surface area (Å²) in [5.41, 5.74) is 10.0. The molecule has 0 bridgehead atoms. The molecule has 0 aliphatic heterocycles. The average Bonchev–Trinajstić information content (AvgIpc) is 4.02. The normalized spacial score (nSPS) is 11.2. The highest BCUT2D eigenvalue weighted by atomic mass is 16.1. The number of imidazole rings is 4. The van der Waals surface area contributed by atoms with Crippen molar-refractivity contribution >= 4 is 55.8 Å². The first kappa shape index (κ1) is 35.2. The standard InChI is InChI=1S/2C21H15N7O/c1-13-5-3-4-6-14(13)11-27-19-17(25-21(27)29)10-23-20(26-19)28-12-24-16-9-15(22-2)7-8-18(16)28;1-13-5-3-4-6-14(13)11-27-19-17(25-21(27)29)10-23-20(26-19)28-12-24-16-8-7-15(22-2)9-18(16)28/h2*3-10,12H,11H2,1H3,(H,25,29). The number of H-pyrrole nitrogens is 2. The number of nitrogens with zero attached hydrogens (tertiary/aromatic N) is 12. The van der Waals surface area contributed by atoms with Crippen molar-refractivity contribution in [2.24, 2.45) is 0 Å². The summed E-state index contributed by atoms with van der Waals surface area (Å²) in [6, 6.07) is 26.4. The van der Waals surface area contributed by atoms with Gasteiger partial charge in [0.1, 0.15) is 23.7 Å². The fourth-order valence-corrected chi connectivity index (χ4v) is 6.77. The van der Waals surface area contributed by atoms with Crippen LogP contribution in [0.4, 0.5) is 11.4 Å². The molecule has 0 spiro atoms. The summed E-state index contributed by atoms with van der Waals surface area (Å²) in [6.07, 6.45) is 6.44. The second-order valence-corrected chi connectivity index (χ2v) is 13.5. The predicted molar refractivity (Wildman–Crippen MR) is 219 cm³/mol. The van der Waals surface area contributed by atoms with Crippen LogP contribution in [0.25, 0.3) is 66.0 Å². The number of nitrogens with one attached hydrogen (secondary N) is 2. The molecule has 16 nitrogen and oxygen atoms in total. The molecular weight excluding hydrogens is 733 g/mol. The van der Waals surface area contributed by atoms with Crippen molar-refractivity contribution in [3.05, 3.63) is 176 Å². The Balaban J connectivity index is 0.000000150. The van der Waals surface area contributed by atoms with Gasteiger partial charge in [0.15, 0.2) is 22.7 Å². The maximum atomic E-state index is 12.5. The average molecular weight is 763 g/mol. The van der Waals surface area contributed by atoms with Crippen molar-refractivity contribution in [3.63, 3.8) is 0 Å². The molecule has 0 saturated heterocycles. The zero-order valence-corrected chi connectivity index (χ0v) is 31.0. The molecule has 0 fully saturated rings. The van der Waals surface area contributed by atoms with E-state index in [1.807, 2.05) is 68.4 Å². The molecule has 10 rings (SSSR count). The van der Waals surface area contributed by atoms with Crippen LogP contribution in [0.5, 0.6) is 0 Å². The molecule has 0 aliphatic rings. The van der Waals surface area contributed by atoms with Crippen LogP contribution in [0, 0.1) is 27.0 Å². The Hall–Kier alpha value is -8.50. The molecule has 0 saturated carbocycles. The van der Waals surface area contributed by atoms with E-state index < -0.39 is 0 Å². The van der Waals surface area contributed by atoms with Crippen molar-refractivity contribution in [2.45, 2.75) is 26.9 Å². The van der Waals surface area contributed by atoms with Crippen LogP contribution in [0.3, 0.4) is 0 Å². The number of hydrogen-bond acceptors (Lipinski definition) is 8. The molecule has 0 amide bonds. The van der Waals surface area contributed by atoms with E-state index >= 15 is 0 Å². The Morgan fingerprint density at radius 2 is 1.09 bits per heavy atom. The van der Waals surface area contributed by atoms with Crippen molar-refractivity contribution in [3.8, 4) is 11.9 Å². The maximum Gasteiger partial charge on any atom is 0.328 e. The van der Waals surface area contributed by atoms with Gasteiger partial charge in [-0.15, -0.1) is 0 Å². The molecule has 0 unspecified atom stereocenters. The van der Waals surface area contributed by atoms with Crippen LogP contribution in [-0.2, 0) is 13.1 Å². The fourth-order valence-electron chi connectivity index (χ4n) is 6.77. The van der Waals surface area contributed by atoms with E-state index in [-0.39, 0.29) is 11.4 Å². The Morgan fingerprint density at radius 1 is 0.586 bits per heavy atom. The van der Waals surface area contributed by atoms with Crippen molar-refractivity contribution in [2.75, 3.05) is 0 Å². The molecule has 0 aliphatic carbocycles. The van der Waals surface area contributed by atoms with Crippen LogP contribution in [-0.4, -0.2) is 58.1 Å². The van der Waals surface area contributed by atoms with E-state index in [9.17, 15) is 9.59 Å². The third kappa shape index (κ3) is 6.32. The molecule has 16 heteroatoms. The lowest BCUT2D eigenvalue weighted by atomic mass is 10.1. The van der Waals surface area contributed by atoms with Gasteiger partial charge in [0, 0.05) is 0 Å². The molecular formula is C42H30N14O2. The van der Waals surface area contributed by atoms with Gasteiger partial charge in [-0.3, -0.25) is 18.3 Å². The van der Waals surface area contributed by atoms with E-state index in [0.717, 1.165) is 38.8 Å². The lowest BCUT2D eigenvalue weighted by Crippen LogP contribution is -2.18. The number of rotatable bonds is 6. The molecule has 280 valence electrons. The van der Waals surface area contributed by atoms with Crippen LogP contribution in [0.1, 0.15) is 22.3 Å². The summed E-state index contributed by atoms with van der Waals surface area (Å²) in [7, 11) is 0. The lowest BCUT2D eigenvalue weighted by molar-refractivity contribution is 0.770. The van der Waals surface area contributed by atoms with Crippen molar-refractivity contribution in [1.82, 2.24) is 58.1 Å². The van der Waals surface area contributed by atoms with Crippen molar-refractivity contribution < 1.29 is 0 Å². The molecule has 4 aromatic carbocycles. The first-order chi connectivity index (χ1) is 28.3. The van der Waals surface area contributed by atoms with Crippen LogP contribution >= 0.6 is 0 Å². The molecule has 6 aromatic heterocycles. The van der Waals surface area contributed by atoms with Gasteiger partial charge in [0.05, 0.1) is 60.7 Å². The smallest absolute Gasteiger partial charge is 0.303 e. The molecule has 2 N–H and O–H groups in total. The summed E-state index contributed by atoms with van der Waals surface area (Å²) in [4.78, 5) is 64.4. The van der Waals surface area contributed by atoms with E-state index in [1.54, 1.807) is 73.6 Å². The zero-order valence-electron chi connectivity index (χ0n) is 31.0. The molecule has 0 radical (unpaired) electrons. The first-order valence-electron chi connectivity index (χ1n) is 18.0. The third-order valence-corrected chi connectivity index (χ3v) is 9.93. The quantitative estimate of drug-likeness (QED) is 0.176. The minimum Gasteiger partial charge on any atom is -0.303 e. The topological polar surface area (TPSA) is 172 Å². The molecule has 0 atom stereocenters. The number of aryl methyl sites for hydroxylation is 2. The lowest BCUT2D eigenvalue weighted by Gasteiger charge is -2.07. The second-order valence-electron chi connectivity index (χ2n) is 13.5. The number of benzene rings is 4. The number of fused-ring (bicyclic) bond motifs is 4. The summed E-state index contributed by atoms with van der Waals surface area (Å²) in [5.74, 6) is 0.799. The van der Waals surface area contributed by atoms with Crippen LogP contribution in [0.2, 0.25) is 0 Å². The minimum absolute atomic E-state index is 0.230. The Bertz CT molecular complexity index is 3420. The molecule has 10 aromatic rings. The summed E-state index contributed by atoms with van der Waals surface area (Å²) < 4.78 is 6.68. The number of aromatic amines is 2. The van der Waals surface area contributed by atoms with Crippen molar-refractivity contribution in [1.29, 1.82) is 0 Å².